The smallest absolute Gasteiger partial charge is 0.255 e. The van der Waals surface area contributed by atoms with Gasteiger partial charge in [0, 0.05) is 6.07 Å². The Hall–Kier alpha value is -4.34. The van der Waals surface area contributed by atoms with E-state index in [9.17, 15) is 4.79 Å². The highest BCUT2D eigenvalue weighted by atomic mass is 16.5. The molecule has 10 heteroatoms. The maximum absolute atomic E-state index is 12.5. The van der Waals surface area contributed by atoms with Crippen molar-refractivity contribution in [3.8, 4) is 34.5 Å². The Balaban J connectivity index is 1.45. The zero-order valence-electron chi connectivity index (χ0n) is 19.1. The zero-order valence-corrected chi connectivity index (χ0v) is 19.1. The van der Waals surface area contributed by atoms with Crippen LogP contribution in [0, 0.1) is 0 Å². The van der Waals surface area contributed by atoms with Gasteiger partial charge >= 0.3 is 0 Å². The highest BCUT2D eigenvalue weighted by molar-refractivity contribution is 5.96. The molecule has 1 N–H and O–H groups in total. The third-order valence-electron chi connectivity index (χ3n) is 4.95. The first kappa shape index (κ1) is 22.8. The molecular weight excluding hydrogens is 438 g/mol. The third-order valence-corrected chi connectivity index (χ3v) is 4.95. The first-order valence-electron chi connectivity index (χ1n) is 10.7. The van der Waals surface area contributed by atoms with Gasteiger partial charge in [-0.25, -0.2) is 0 Å². The fourth-order valence-electron chi connectivity index (χ4n) is 3.36. The van der Waals surface area contributed by atoms with E-state index in [0.717, 1.165) is 0 Å². The quantitative estimate of drug-likeness (QED) is 0.358. The lowest BCUT2D eigenvalue weighted by Gasteiger charge is -2.11. The second-order valence-corrected chi connectivity index (χ2v) is 7.06. The van der Waals surface area contributed by atoms with E-state index in [4.69, 9.17) is 18.9 Å². The number of carbonyl (C=O) groups is 1. The summed E-state index contributed by atoms with van der Waals surface area (Å²) in [5, 5.41) is 15.8. The first-order valence-corrected chi connectivity index (χ1v) is 10.7. The summed E-state index contributed by atoms with van der Waals surface area (Å²) in [7, 11) is 3.17. The molecule has 0 unspecified atom stereocenters. The number of carbonyl (C=O) groups excluding carboxylic acids is 1. The fraction of sp³-hybridized carbons (Fsp3) is 0.250. The van der Waals surface area contributed by atoms with E-state index in [1.807, 2.05) is 13.0 Å². The number of benzene rings is 2. The normalized spacial score (nSPS) is 10.7. The summed E-state index contributed by atoms with van der Waals surface area (Å²) in [5.74, 6) is 2.42. The Bertz CT molecular complexity index is 1290. The Morgan fingerprint density at radius 3 is 2.62 bits per heavy atom. The van der Waals surface area contributed by atoms with Gasteiger partial charge in [0.15, 0.2) is 11.5 Å². The van der Waals surface area contributed by atoms with Gasteiger partial charge in [0.1, 0.15) is 23.9 Å². The molecule has 176 valence electrons. The molecule has 0 radical (unpaired) electrons. The van der Waals surface area contributed by atoms with E-state index in [1.165, 1.54) is 0 Å². The van der Waals surface area contributed by atoms with Crippen molar-refractivity contribution in [3.05, 3.63) is 60.2 Å². The van der Waals surface area contributed by atoms with Crippen molar-refractivity contribution in [3.63, 3.8) is 0 Å². The molecule has 0 saturated heterocycles. The van der Waals surface area contributed by atoms with E-state index in [-0.39, 0.29) is 19.1 Å². The number of hydrogen-bond donors (Lipinski definition) is 1. The van der Waals surface area contributed by atoms with Gasteiger partial charge in [-0.3, -0.25) is 4.79 Å². The zero-order chi connectivity index (χ0) is 23.9. The van der Waals surface area contributed by atoms with Crippen LogP contribution in [0.3, 0.4) is 0 Å². The molecule has 1 amide bonds. The van der Waals surface area contributed by atoms with Crippen molar-refractivity contribution in [1.29, 1.82) is 0 Å². The molecule has 0 spiro atoms. The van der Waals surface area contributed by atoms with Crippen LogP contribution in [0.5, 0.6) is 23.1 Å². The number of para-hydroxylation sites is 1. The number of hydrogen-bond acceptors (Lipinski definition) is 8. The predicted molar refractivity (Wildman–Crippen MR) is 125 cm³/mol. The molecule has 34 heavy (non-hydrogen) atoms. The van der Waals surface area contributed by atoms with Crippen molar-refractivity contribution in [1.82, 2.24) is 25.1 Å². The topological polar surface area (TPSA) is 109 Å². The summed E-state index contributed by atoms with van der Waals surface area (Å²) < 4.78 is 23.6. The largest absolute Gasteiger partial charge is 0.497 e. The van der Waals surface area contributed by atoms with Gasteiger partial charge in [-0.05, 0) is 43.3 Å². The molecule has 10 nitrogen and oxygen atoms in total. The number of nitrogens with one attached hydrogen (secondary N) is 1. The molecule has 0 aliphatic rings. The van der Waals surface area contributed by atoms with Crippen LogP contribution >= 0.6 is 0 Å². The number of methoxy groups -OCH3 is 2. The van der Waals surface area contributed by atoms with Crippen LogP contribution in [-0.2, 0) is 0 Å². The van der Waals surface area contributed by atoms with Gasteiger partial charge in [0.25, 0.3) is 5.91 Å². The summed E-state index contributed by atoms with van der Waals surface area (Å²) >= 11 is 0. The summed E-state index contributed by atoms with van der Waals surface area (Å²) in [5.41, 5.74) is 1.71. The minimum absolute atomic E-state index is 0.223. The molecule has 4 aromatic rings. The molecule has 2 aromatic carbocycles. The SMILES string of the molecule is CCOc1ccccc1C(=O)NCCOc1ccc2nnc(-c3cc(OC)ccc3OC)n2n1. The van der Waals surface area contributed by atoms with Gasteiger partial charge in [-0.15, -0.1) is 15.3 Å². The number of amides is 1. The van der Waals surface area contributed by atoms with Crippen LogP contribution in [0.2, 0.25) is 0 Å². The number of fused-ring (bicyclic) bond motifs is 1. The van der Waals surface area contributed by atoms with Crippen molar-refractivity contribution in [2.75, 3.05) is 34.0 Å². The third kappa shape index (κ3) is 4.85. The Kier molecular flexibility index (Phi) is 7.07. The standard InChI is InChI=1S/C24H25N5O5/c1-4-33-20-8-6-5-7-17(20)24(30)25-13-14-34-22-12-11-21-26-27-23(29(21)28-22)18-15-16(31-2)9-10-19(18)32-3/h5-12,15H,4,13-14H2,1-3H3,(H,25,30). The second-order valence-electron chi connectivity index (χ2n) is 7.06. The molecule has 0 atom stereocenters. The highest BCUT2D eigenvalue weighted by Crippen LogP contribution is 2.32. The van der Waals surface area contributed by atoms with Crippen molar-refractivity contribution in [2.45, 2.75) is 6.92 Å². The van der Waals surface area contributed by atoms with Crippen LogP contribution in [0.15, 0.2) is 54.6 Å². The summed E-state index contributed by atoms with van der Waals surface area (Å²) in [6.45, 7) is 2.87. The van der Waals surface area contributed by atoms with E-state index in [0.29, 0.717) is 52.3 Å². The average molecular weight is 463 g/mol. The summed E-state index contributed by atoms with van der Waals surface area (Å²) in [6, 6.07) is 16.0. The fourth-order valence-corrected chi connectivity index (χ4v) is 3.36. The summed E-state index contributed by atoms with van der Waals surface area (Å²) in [6.07, 6.45) is 0. The van der Waals surface area contributed by atoms with Crippen LogP contribution in [0.25, 0.3) is 17.0 Å². The molecule has 4 rings (SSSR count). The van der Waals surface area contributed by atoms with E-state index < -0.39 is 0 Å². The lowest BCUT2D eigenvalue weighted by atomic mass is 10.2. The van der Waals surface area contributed by atoms with E-state index >= 15 is 0 Å². The maximum atomic E-state index is 12.5. The van der Waals surface area contributed by atoms with E-state index in [2.05, 4.69) is 20.6 Å². The van der Waals surface area contributed by atoms with Crippen LogP contribution in [0.1, 0.15) is 17.3 Å². The summed E-state index contributed by atoms with van der Waals surface area (Å²) in [4.78, 5) is 12.5. The average Bonchev–Trinajstić information content (AvgIpc) is 3.29. The van der Waals surface area contributed by atoms with Crippen molar-refractivity contribution in [2.24, 2.45) is 0 Å². The maximum Gasteiger partial charge on any atom is 0.255 e. The molecular formula is C24H25N5O5. The lowest BCUT2D eigenvalue weighted by molar-refractivity contribution is 0.0942. The van der Waals surface area contributed by atoms with Crippen molar-refractivity contribution >= 4 is 11.6 Å². The minimum Gasteiger partial charge on any atom is -0.497 e. The number of nitrogens with zero attached hydrogens (tertiary/aromatic N) is 4. The van der Waals surface area contributed by atoms with Crippen LogP contribution < -0.4 is 24.3 Å². The number of aromatic nitrogens is 4. The Labute approximate surface area is 196 Å². The molecule has 2 heterocycles. The number of ether oxygens (including phenoxy) is 4. The molecule has 0 saturated carbocycles. The molecule has 0 fully saturated rings. The van der Waals surface area contributed by atoms with Crippen LogP contribution in [0.4, 0.5) is 0 Å². The monoisotopic (exact) mass is 463 g/mol. The first-order chi connectivity index (χ1) is 16.6. The van der Waals surface area contributed by atoms with Gasteiger partial charge in [0.2, 0.25) is 5.88 Å². The van der Waals surface area contributed by atoms with Gasteiger partial charge in [-0.1, -0.05) is 12.1 Å². The Morgan fingerprint density at radius 2 is 1.82 bits per heavy atom. The molecule has 2 aromatic heterocycles. The second kappa shape index (κ2) is 10.5. The van der Waals surface area contributed by atoms with E-state index in [1.54, 1.807) is 67.3 Å². The van der Waals surface area contributed by atoms with Gasteiger partial charge in [0.05, 0.1) is 38.5 Å². The highest BCUT2D eigenvalue weighted by Gasteiger charge is 2.16. The molecule has 0 aliphatic heterocycles. The van der Waals surface area contributed by atoms with Crippen LogP contribution in [-0.4, -0.2) is 59.7 Å². The lowest BCUT2D eigenvalue weighted by Crippen LogP contribution is -2.28. The van der Waals surface area contributed by atoms with Crippen molar-refractivity contribution < 1.29 is 23.7 Å². The predicted octanol–water partition coefficient (Wildman–Crippen LogP) is 3.02. The van der Waals surface area contributed by atoms with Gasteiger partial charge in [-0.2, -0.15) is 4.52 Å². The van der Waals surface area contributed by atoms with Gasteiger partial charge < -0.3 is 24.3 Å². The minimum atomic E-state index is -0.234. The molecule has 0 bridgehead atoms. The molecule has 0 aliphatic carbocycles. The number of rotatable bonds is 10. The Morgan fingerprint density at radius 1 is 0.971 bits per heavy atom.